The highest BCUT2D eigenvalue weighted by atomic mass is 32.1. The lowest BCUT2D eigenvalue weighted by Crippen LogP contribution is -2.11. The minimum atomic E-state index is -0.230. The summed E-state index contributed by atoms with van der Waals surface area (Å²) in [6.45, 7) is 1.58. The number of methoxy groups -OCH3 is 1. The van der Waals surface area contributed by atoms with E-state index < -0.39 is 0 Å². The quantitative estimate of drug-likeness (QED) is 0.782. The van der Waals surface area contributed by atoms with Crippen LogP contribution in [0.5, 0.6) is 0 Å². The zero-order chi connectivity index (χ0) is 13.5. The molecule has 1 aromatic heterocycles. The first-order valence-corrected chi connectivity index (χ1v) is 6.82. The lowest BCUT2D eigenvalue weighted by molar-refractivity contribution is 0.0613. The molecule has 2 rings (SSSR count). The van der Waals surface area contributed by atoms with Crippen LogP contribution >= 0.6 is 11.3 Å². The maximum absolute atomic E-state index is 6.15. The van der Waals surface area contributed by atoms with Gasteiger partial charge in [-0.3, -0.25) is 0 Å². The largest absolute Gasteiger partial charge is 0.382 e. The van der Waals surface area contributed by atoms with E-state index in [2.05, 4.69) is 10.2 Å². The molecule has 0 fully saturated rings. The van der Waals surface area contributed by atoms with Gasteiger partial charge in [0.25, 0.3) is 0 Å². The van der Waals surface area contributed by atoms with E-state index in [4.69, 9.17) is 15.2 Å². The molecule has 5 nitrogen and oxygen atoms in total. The molecule has 0 amide bonds. The molecule has 19 heavy (non-hydrogen) atoms. The fraction of sp³-hybridized carbons (Fsp3) is 0.385. The average molecular weight is 279 g/mol. The van der Waals surface area contributed by atoms with Gasteiger partial charge in [0, 0.05) is 7.11 Å². The summed E-state index contributed by atoms with van der Waals surface area (Å²) in [5.41, 5.74) is 7.19. The van der Waals surface area contributed by atoms with Crippen molar-refractivity contribution in [3.8, 4) is 0 Å². The van der Waals surface area contributed by atoms with Gasteiger partial charge in [-0.1, -0.05) is 41.7 Å². The zero-order valence-electron chi connectivity index (χ0n) is 10.8. The molecule has 1 unspecified atom stereocenters. The molecular weight excluding hydrogens is 262 g/mol. The maximum atomic E-state index is 6.15. The van der Waals surface area contributed by atoms with E-state index in [0.29, 0.717) is 19.8 Å². The molecule has 6 heteroatoms. The van der Waals surface area contributed by atoms with Gasteiger partial charge in [-0.25, -0.2) is 0 Å². The summed E-state index contributed by atoms with van der Waals surface area (Å²) in [6, 6.07) is 9.63. The van der Waals surface area contributed by atoms with Crippen LogP contribution in [0.25, 0.3) is 0 Å². The first kappa shape index (κ1) is 14.1. The number of ether oxygens (including phenoxy) is 2. The molecule has 0 saturated carbocycles. The molecular formula is C13H17N3O2S. The molecule has 0 radical (unpaired) electrons. The van der Waals surface area contributed by atoms with Crippen molar-refractivity contribution in [3.63, 3.8) is 0 Å². The van der Waals surface area contributed by atoms with E-state index in [9.17, 15) is 0 Å². The number of hydrogen-bond donors (Lipinski definition) is 1. The summed E-state index contributed by atoms with van der Waals surface area (Å²) >= 11 is 1.48. The molecule has 1 aromatic carbocycles. The van der Waals surface area contributed by atoms with Gasteiger partial charge in [-0.15, -0.1) is 10.2 Å². The summed E-state index contributed by atoms with van der Waals surface area (Å²) in [6.07, 6.45) is 0. The Hall–Kier alpha value is -1.34. The van der Waals surface area contributed by atoms with Gasteiger partial charge in [0.15, 0.2) is 0 Å². The lowest BCUT2D eigenvalue weighted by Gasteiger charge is -2.06. The van der Waals surface area contributed by atoms with Crippen LogP contribution in [-0.4, -0.2) is 30.5 Å². The lowest BCUT2D eigenvalue weighted by atomic mass is 10.1. The van der Waals surface area contributed by atoms with Gasteiger partial charge in [-0.2, -0.15) is 0 Å². The normalized spacial score (nSPS) is 12.5. The van der Waals surface area contributed by atoms with Crippen molar-refractivity contribution < 1.29 is 9.47 Å². The van der Waals surface area contributed by atoms with E-state index >= 15 is 0 Å². The van der Waals surface area contributed by atoms with E-state index in [0.717, 1.165) is 15.6 Å². The fourth-order valence-electron chi connectivity index (χ4n) is 1.56. The van der Waals surface area contributed by atoms with Crippen molar-refractivity contribution in [2.24, 2.45) is 5.73 Å². The van der Waals surface area contributed by atoms with Crippen LogP contribution in [0.15, 0.2) is 30.3 Å². The second kappa shape index (κ2) is 7.30. The van der Waals surface area contributed by atoms with E-state index in [-0.39, 0.29) is 6.04 Å². The summed E-state index contributed by atoms with van der Waals surface area (Å²) < 4.78 is 10.3. The van der Waals surface area contributed by atoms with Crippen molar-refractivity contribution in [1.82, 2.24) is 10.2 Å². The topological polar surface area (TPSA) is 70.3 Å². The van der Waals surface area contributed by atoms with Gasteiger partial charge >= 0.3 is 0 Å². The average Bonchev–Trinajstić information content (AvgIpc) is 2.92. The third-order valence-corrected chi connectivity index (χ3v) is 3.54. The Morgan fingerprint density at radius 3 is 2.74 bits per heavy atom. The second-order valence-electron chi connectivity index (χ2n) is 3.97. The molecule has 0 bridgehead atoms. The van der Waals surface area contributed by atoms with E-state index in [1.807, 2.05) is 30.3 Å². The van der Waals surface area contributed by atoms with Gasteiger partial charge in [0.05, 0.1) is 19.3 Å². The molecule has 1 heterocycles. The van der Waals surface area contributed by atoms with Crippen molar-refractivity contribution in [3.05, 3.63) is 45.9 Å². The Bertz CT molecular complexity index is 490. The summed E-state index contributed by atoms with van der Waals surface area (Å²) in [4.78, 5) is 0. The van der Waals surface area contributed by atoms with Crippen LogP contribution in [0, 0.1) is 0 Å². The summed E-state index contributed by atoms with van der Waals surface area (Å²) in [7, 11) is 1.64. The highest BCUT2D eigenvalue weighted by Crippen LogP contribution is 2.22. The van der Waals surface area contributed by atoms with Crippen molar-refractivity contribution in [2.45, 2.75) is 12.6 Å². The van der Waals surface area contributed by atoms with Crippen LogP contribution < -0.4 is 5.73 Å². The molecule has 0 aliphatic carbocycles. The molecule has 0 spiro atoms. The first-order valence-electron chi connectivity index (χ1n) is 6.00. The molecule has 2 N–H and O–H groups in total. The molecule has 0 aliphatic heterocycles. The van der Waals surface area contributed by atoms with Gasteiger partial charge in [0.2, 0.25) is 0 Å². The van der Waals surface area contributed by atoms with Crippen LogP contribution in [0.1, 0.15) is 21.6 Å². The van der Waals surface area contributed by atoms with Crippen LogP contribution in [0.4, 0.5) is 0 Å². The van der Waals surface area contributed by atoms with Crippen molar-refractivity contribution in [1.29, 1.82) is 0 Å². The van der Waals surface area contributed by atoms with Crippen LogP contribution in [0.3, 0.4) is 0 Å². The summed E-state index contributed by atoms with van der Waals surface area (Å²) in [5, 5.41) is 9.84. The SMILES string of the molecule is COCCOCc1nnc(C(N)c2ccccc2)s1. The maximum Gasteiger partial charge on any atom is 0.143 e. The number of hydrogen-bond acceptors (Lipinski definition) is 6. The molecule has 102 valence electrons. The highest BCUT2D eigenvalue weighted by molar-refractivity contribution is 7.11. The minimum absolute atomic E-state index is 0.230. The Morgan fingerprint density at radius 1 is 1.21 bits per heavy atom. The second-order valence-corrected chi connectivity index (χ2v) is 5.06. The Labute approximate surface area is 116 Å². The minimum Gasteiger partial charge on any atom is -0.382 e. The predicted octanol–water partition coefficient (Wildman–Crippen LogP) is 1.75. The number of benzene rings is 1. The molecule has 0 saturated heterocycles. The summed E-state index contributed by atoms with van der Waals surface area (Å²) in [5.74, 6) is 0. The number of rotatable bonds is 7. The van der Waals surface area contributed by atoms with E-state index in [1.54, 1.807) is 7.11 Å². The predicted molar refractivity (Wildman–Crippen MR) is 73.9 cm³/mol. The van der Waals surface area contributed by atoms with Gasteiger partial charge in [-0.05, 0) is 5.56 Å². The van der Waals surface area contributed by atoms with E-state index in [1.165, 1.54) is 11.3 Å². The first-order chi connectivity index (χ1) is 9.31. The zero-order valence-corrected chi connectivity index (χ0v) is 11.6. The van der Waals surface area contributed by atoms with Crippen molar-refractivity contribution in [2.75, 3.05) is 20.3 Å². The van der Waals surface area contributed by atoms with Crippen LogP contribution in [0.2, 0.25) is 0 Å². The van der Waals surface area contributed by atoms with Gasteiger partial charge in [0.1, 0.15) is 16.6 Å². The number of aromatic nitrogens is 2. The molecule has 2 aromatic rings. The number of nitrogens with zero attached hydrogens (tertiary/aromatic N) is 2. The third-order valence-electron chi connectivity index (χ3n) is 2.56. The standard InChI is InChI=1S/C13H17N3O2S/c1-17-7-8-18-9-11-15-16-13(19-11)12(14)10-5-3-2-4-6-10/h2-6,12H,7-9,14H2,1H3. The highest BCUT2D eigenvalue weighted by Gasteiger charge is 2.14. The van der Waals surface area contributed by atoms with Crippen molar-refractivity contribution >= 4 is 11.3 Å². The smallest absolute Gasteiger partial charge is 0.143 e. The monoisotopic (exact) mass is 279 g/mol. The fourth-order valence-corrected chi connectivity index (χ4v) is 2.37. The van der Waals surface area contributed by atoms with Gasteiger partial charge < -0.3 is 15.2 Å². The Kier molecular flexibility index (Phi) is 5.41. The van der Waals surface area contributed by atoms with Crippen LogP contribution in [-0.2, 0) is 16.1 Å². The molecule has 0 aliphatic rings. The number of nitrogens with two attached hydrogens (primary N) is 1. The Balaban J connectivity index is 1.93. The molecule has 1 atom stereocenters. The Morgan fingerprint density at radius 2 is 2.00 bits per heavy atom. The third kappa shape index (κ3) is 4.07.